The Balaban J connectivity index is 1.50. The Morgan fingerprint density at radius 2 is 2.10 bits per heavy atom. The molecule has 1 saturated carbocycles. The summed E-state index contributed by atoms with van der Waals surface area (Å²) < 4.78 is 5.57. The summed E-state index contributed by atoms with van der Waals surface area (Å²) in [4.78, 5) is 29.6. The quantitative estimate of drug-likeness (QED) is 0.795. The highest BCUT2D eigenvalue weighted by Crippen LogP contribution is 2.55. The molecule has 3 atom stereocenters. The number of benzene rings is 1. The topological polar surface area (TPSA) is 82.6 Å². The van der Waals surface area contributed by atoms with Crippen LogP contribution in [-0.2, 0) is 24.7 Å². The summed E-state index contributed by atoms with van der Waals surface area (Å²) in [6.07, 6.45) is 6.36. The number of hydrogen-bond donors (Lipinski definition) is 2. The van der Waals surface area contributed by atoms with Crippen molar-refractivity contribution < 1.29 is 14.6 Å². The van der Waals surface area contributed by atoms with Crippen molar-refractivity contribution in [2.75, 3.05) is 20.2 Å². The Labute approximate surface area is 181 Å². The van der Waals surface area contributed by atoms with Crippen LogP contribution in [0.5, 0.6) is 5.75 Å². The van der Waals surface area contributed by atoms with Gasteiger partial charge in [0.2, 0.25) is 0 Å². The van der Waals surface area contributed by atoms with Crippen molar-refractivity contribution in [3.63, 3.8) is 0 Å². The Kier molecular flexibility index (Phi) is 4.13. The first-order valence-corrected chi connectivity index (χ1v) is 11.4. The van der Waals surface area contributed by atoms with Gasteiger partial charge in [-0.15, -0.1) is 0 Å². The molecule has 1 aromatic heterocycles. The molecular weight excluding hydrogens is 392 g/mol. The van der Waals surface area contributed by atoms with Crippen molar-refractivity contribution >= 4 is 5.97 Å². The van der Waals surface area contributed by atoms with E-state index in [1.807, 2.05) is 0 Å². The standard InChI is InChI=1S/C25H28N2O4/c1-31-17-5-4-15-10-22-20-9-16-8-18(24(29)30)23(28)26-21(16)12-25(20,19(15)11-17)6-7-27(22)13-14-2-3-14/h4-5,8,11,14,20,22H,2-3,6-7,9-10,12-13H2,1H3,(H,26,28)(H,29,30)/t20-,22+,25+/m0/s1. The molecular formula is C25H28N2O4. The first kappa shape index (κ1) is 19.1. The van der Waals surface area contributed by atoms with Gasteiger partial charge in [-0.1, -0.05) is 6.07 Å². The fourth-order valence-electron chi connectivity index (χ4n) is 6.64. The van der Waals surface area contributed by atoms with E-state index in [1.54, 1.807) is 13.2 Å². The summed E-state index contributed by atoms with van der Waals surface area (Å²) in [7, 11) is 1.71. The van der Waals surface area contributed by atoms with E-state index in [4.69, 9.17) is 4.74 Å². The van der Waals surface area contributed by atoms with Gasteiger partial charge in [0.05, 0.1) is 7.11 Å². The third-order valence-corrected chi connectivity index (χ3v) is 8.34. The predicted molar refractivity (Wildman–Crippen MR) is 116 cm³/mol. The van der Waals surface area contributed by atoms with Crippen molar-refractivity contribution in [3.8, 4) is 5.75 Å². The summed E-state index contributed by atoms with van der Waals surface area (Å²) in [6.45, 7) is 2.27. The number of aromatic carboxylic acids is 1. The third-order valence-electron chi connectivity index (χ3n) is 8.34. The highest BCUT2D eigenvalue weighted by atomic mass is 16.5. The molecule has 0 spiro atoms. The molecule has 4 aliphatic rings. The lowest BCUT2D eigenvalue weighted by atomic mass is 9.52. The number of nitrogens with zero attached hydrogens (tertiary/aromatic N) is 1. The molecule has 2 fully saturated rings. The molecule has 162 valence electrons. The molecule has 2 N–H and O–H groups in total. The number of nitrogens with one attached hydrogen (secondary N) is 1. The maximum absolute atomic E-state index is 12.4. The van der Waals surface area contributed by atoms with E-state index in [2.05, 4.69) is 28.1 Å². The number of pyridine rings is 1. The SMILES string of the molecule is COc1ccc2c(c1)[C@]13CCN(CC4CC4)[C@H](C2)[C@@H]1Cc1cc(C(=O)O)c(=O)[nH]c1C3. The summed E-state index contributed by atoms with van der Waals surface area (Å²) in [5, 5.41) is 9.45. The molecule has 1 aromatic carbocycles. The van der Waals surface area contributed by atoms with Crippen LogP contribution >= 0.6 is 0 Å². The first-order valence-electron chi connectivity index (χ1n) is 11.4. The maximum atomic E-state index is 12.4. The van der Waals surface area contributed by atoms with Crippen LogP contribution < -0.4 is 10.3 Å². The van der Waals surface area contributed by atoms with Gasteiger partial charge >= 0.3 is 5.97 Å². The lowest BCUT2D eigenvalue weighted by Crippen LogP contribution is -2.63. The van der Waals surface area contributed by atoms with Crippen LogP contribution in [0.25, 0.3) is 0 Å². The predicted octanol–water partition coefficient (Wildman–Crippen LogP) is 2.77. The zero-order valence-corrected chi connectivity index (χ0v) is 17.8. The fourth-order valence-corrected chi connectivity index (χ4v) is 6.64. The molecule has 0 radical (unpaired) electrons. The van der Waals surface area contributed by atoms with E-state index in [0.717, 1.165) is 55.2 Å². The van der Waals surface area contributed by atoms with Crippen LogP contribution in [0.4, 0.5) is 0 Å². The van der Waals surface area contributed by atoms with Crippen molar-refractivity contribution in [1.29, 1.82) is 0 Å². The van der Waals surface area contributed by atoms with Gasteiger partial charge in [-0.3, -0.25) is 9.69 Å². The highest BCUT2D eigenvalue weighted by molar-refractivity contribution is 5.87. The number of methoxy groups -OCH3 is 1. The molecule has 6 rings (SSSR count). The van der Waals surface area contributed by atoms with E-state index < -0.39 is 11.5 Å². The number of carbonyl (C=O) groups is 1. The summed E-state index contributed by atoms with van der Waals surface area (Å²) in [5.41, 5.74) is 4.01. The molecule has 0 amide bonds. The molecule has 1 saturated heterocycles. The molecule has 6 heteroatoms. The number of carboxylic acids is 1. The average molecular weight is 421 g/mol. The van der Waals surface area contributed by atoms with Crippen LogP contribution in [0.2, 0.25) is 0 Å². The smallest absolute Gasteiger partial charge is 0.341 e. The zero-order chi connectivity index (χ0) is 21.3. The number of H-pyrrole nitrogens is 1. The molecule has 6 nitrogen and oxygen atoms in total. The Morgan fingerprint density at radius 3 is 2.84 bits per heavy atom. The van der Waals surface area contributed by atoms with Gasteiger partial charge in [0.25, 0.3) is 5.56 Å². The lowest BCUT2D eigenvalue weighted by Gasteiger charge is -2.59. The Morgan fingerprint density at radius 1 is 1.26 bits per heavy atom. The molecule has 3 aliphatic carbocycles. The van der Waals surface area contributed by atoms with Gasteiger partial charge in [-0.25, -0.2) is 4.79 Å². The second-order valence-electron chi connectivity index (χ2n) is 9.95. The summed E-state index contributed by atoms with van der Waals surface area (Å²) in [6, 6.07) is 8.60. The van der Waals surface area contributed by atoms with E-state index in [-0.39, 0.29) is 11.0 Å². The number of rotatable bonds is 4. The highest BCUT2D eigenvalue weighted by Gasteiger charge is 2.55. The minimum Gasteiger partial charge on any atom is -0.497 e. The van der Waals surface area contributed by atoms with Crippen molar-refractivity contribution in [1.82, 2.24) is 9.88 Å². The fraction of sp³-hybridized carbons (Fsp3) is 0.520. The monoisotopic (exact) mass is 420 g/mol. The van der Waals surface area contributed by atoms with Crippen LogP contribution in [0.3, 0.4) is 0 Å². The number of aromatic nitrogens is 1. The number of likely N-dealkylation sites (tertiary alicyclic amines) is 1. The van der Waals surface area contributed by atoms with Crippen LogP contribution in [0.15, 0.2) is 29.1 Å². The number of fused-ring (bicyclic) bond motifs is 2. The molecule has 2 heterocycles. The molecule has 2 bridgehead atoms. The zero-order valence-electron chi connectivity index (χ0n) is 17.8. The largest absolute Gasteiger partial charge is 0.497 e. The van der Waals surface area contributed by atoms with Crippen LogP contribution in [-0.4, -0.2) is 47.2 Å². The van der Waals surface area contributed by atoms with Gasteiger partial charge in [-0.05, 0) is 91.8 Å². The Hall–Kier alpha value is -2.60. The molecule has 0 unspecified atom stereocenters. The third kappa shape index (κ3) is 2.88. The second-order valence-corrected chi connectivity index (χ2v) is 9.95. The van der Waals surface area contributed by atoms with Gasteiger partial charge in [0.15, 0.2) is 0 Å². The Bertz CT molecular complexity index is 1130. The maximum Gasteiger partial charge on any atom is 0.341 e. The van der Waals surface area contributed by atoms with Crippen LogP contribution in [0.1, 0.15) is 52.0 Å². The summed E-state index contributed by atoms with van der Waals surface area (Å²) >= 11 is 0. The normalized spacial score (nSPS) is 28.9. The van der Waals surface area contributed by atoms with Gasteiger partial charge in [0, 0.05) is 23.7 Å². The molecule has 1 aliphatic heterocycles. The lowest BCUT2D eigenvalue weighted by molar-refractivity contribution is 0.00457. The van der Waals surface area contributed by atoms with Crippen molar-refractivity contribution in [3.05, 3.63) is 62.6 Å². The number of ether oxygens (including phenoxy) is 1. The van der Waals surface area contributed by atoms with Gasteiger partial charge < -0.3 is 14.8 Å². The van der Waals surface area contributed by atoms with Crippen molar-refractivity contribution in [2.24, 2.45) is 11.8 Å². The first-order chi connectivity index (χ1) is 15.0. The molecule has 2 aromatic rings. The number of aromatic amines is 1. The second kappa shape index (κ2) is 6.70. The van der Waals surface area contributed by atoms with Gasteiger partial charge in [0.1, 0.15) is 11.3 Å². The minimum atomic E-state index is -1.15. The number of carboxylic acid groups (broad SMARTS) is 1. The van der Waals surface area contributed by atoms with Crippen LogP contribution in [0, 0.1) is 11.8 Å². The summed E-state index contributed by atoms with van der Waals surface area (Å²) in [5.74, 6) is 0.986. The number of hydrogen-bond acceptors (Lipinski definition) is 4. The van der Waals surface area contributed by atoms with E-state index in [9.17, 15) is 14.7 Å². The number of piperidine rings is 1. The van der Waals surface area contributed by atoms with E-state index in [1.165, 1.54) is 30.5 Å². The molecule has 31 heavy (non-hydrogen) atoms. The van der Waals surface area contributed by atoms with Crippen molar-refractivity contribution in [2.45, 2.75) is 50.0 Å². The van der Waals surface area contributed by atoms with Gasteiger partial charge in [-0.2, -0.15) is 0 Å². The van der Waals surface area contributed by atoms with E-state index >= 15 is 0 Å². The average Bonchev–Trinajstić information content (AvgIpc) is 3.57. The minimum absolute atomic E-state index is 0.0342. The van der Waals surface area contributed by atoms with E-state index in [0.29, 0.717) is 12.0 Å².